The minimum atomic E-state index is 0.113. The largest absolute Gasteiger partial charge is 0.462 e. The van der Waals surface area contributed by atoms with Crippen molar-refractivity contribution < 1.29 is 9.53 Å². The average Bonchev–Trinajstić information content (AvgIpc) is 3.21. The van der Waals surface area contributed by atoms with Crippen LogP contribution in [0.2, 0.25) is 0 Å². The highest BCUT2D eigenvalue weighted by Crippen LogP contribution is 2.57. The molecule has 0 N–H and O–H groups in total. The third-order valence-electron chi connectivity index (χ3n) is 6.79. The summed E-state index contributed by atoms with van der Waals surface area (Å²) >= 11 is 0. The molecule has 0 aliphatic heterocycles. The van der Waals surface area contributed by atoms with Gasteiger partial charge in [-0.25, -0.2) is 0 Å². The summed E-state index contributed by atoms with van der Waals surface area (Å²) in [4.78, 5) is 12.5. The van der Waals surface area contributed by atoms with Crippen LogP contribution in [0, 0.1) is 41.4 Å². The van der Waals surface area contributed by atoms with Crippen LogP contribution < -0.4 is 0 Å². The first-order valence-corrected chi connectivity index (χ1v) is 8.35. The van der Waals surface area contributed by atoms with Gasteiger partial charge in [-0.05, 0) is 67.6 Å². The van der Waals surface area contributed by atoms with Crippen molar-refractivity contribution >= 4 is 5.97 Å². The molecule has 8 unspecified atom stereocenters. The van der Waals surface area contributed by atoms with Crippen molar-refractivity contribution in [3.05, 3.63) is 24.3 Å². The topological polar surface area (TPSA) is 26.3 Å². The fraction of sp³-hybridized carbons (Fsp3) is 0.722. The second-order valence-corrected chi connectivity index (χ2v) is 7.66. The second-order valence-electron chi connectivity index (χ2n) is 7.66. The van der Waals surface area contributed by atoms with Crippen LogP contribution in [-0.4, -0.2) is 12.1 Å². The molecular weight excluding hydrogens is 248 g/mol. The lowest BCUT2D eigenvalue weighted by Gasteiger charge is -2.32. The van der Waals surface area contributed by atoms with Gasteiger partial charge in [-0.2, -0.15) is 0 Å². The van der Waals surface area contributed by atoms with Gasteiger partial charge in [0.25, 0.3) is 0 Å². The third kappa shape index (κ3) is 1.48. The highest BCUT2D eigenvalue weighted by molar-refractivity contribution is 5.74. The van der Waals surface area contributed by atoms with E-state index >= 15 is 0 Å². The summed E-state index contributed by atoms with van der Waals surface area (Å²) < 4.78 is 5.99. The number of ether oxygens (including phenoxy) is 1. The number of allylic oxidation sites excluding steroid dienone is 4. The summed E-state index contributed by atoms with van der Waals surface area (Å²) in [5.41, 5.74) is 0. The molecule has 5 rings (SSSR count). The summed E-state index contributed by atoms with van der Waals surface area (Å²) in [6, 6.07) is 0. The molecule has 0 aromatic carbocycles. The molecule has 2 nitrogen and oxygen atoms in total. The highest BCUT2D eigenvalue weighted by atomic mass is 16.5. The molecule has 8 atom stereocenters. The van der Waals surface area contributed by atoms with Crippen molar-refractivity contribution in [1.82, 2.24) is 0 Å². The number of hydrogen-bond acceptors (Lipinski definition) is 2. The molecular formula is C18H22O2. The third-order valence-corrected chi connectivity index (χ3v) is 6.79. The van der Waals surface area contributed by atoms with Gasteiger partial charge in [-0.3, -0.25) is 4.79 Å². The molecule has 0 saturated heterocycles. The van der Waals surface area contributed by atoms with Crippen LogP contribution in [0.1, 0.15) is 32.1 Å². The van der Waals surface area contributed by atoms with Gasteiger partial charge in [0.2, 0.25) is 0 Å². The van der Waals surface area contributed by atoms with E-state index < -0.39 is 0 Å². The van der Waals surface area contributed by atoms with Crippen LogP contribution in [-0.2, 0) is 9.53 Å². The van der Waals surface area contributed by atoms with Crippen LogP contribution in [0.3, 0.4) is 0 Å². The Morgan fingerprint density at radius 3 is 2.75 bits per heavy atom. The molecule has 0 radical (unpaired) electrons. The maximum absolute atomic E-state index is 12.5. The first-order valence-electron chi connectivity index (χ1n) is 8.35. The number of fused-ring (bicyclic) bond motifs is 7. The summed E-state index contributed by atoms with van der Waals surface area (Å²) in [5, 5.41) is 0. The van der Waals surface area contributed by atoms with E-state index in [2.05, 4.69) is 24.3 Å². The van der Waals surface area contributed by atoms with Crippen molar-refractivity contribution in [3.8, 4) is 0 Å². The summed E-state index contributed by atoms with van der Waals surface area (Å²) in [6.07, 6.45) is 15.4. The van der Waals surface area contributed by atoms with Gasteiger partial charge in [0, 0.05) is 0 Å². The monoisotopic (exact) mass is 270 g/mol. The van der Waals surface area contributed by atoms with Crippen LogP contribution in [0.25, 0.3) is 0 Å². The number of hydrogen-bond donors (Lipinski definition) is 0. The SMILES string of the molecule is O=C(OC1CC2CC1C1CC=CC21)C1CC2C=CC1C2. The van der Waals surface area contributed by atoms with E-state index in [1.165, 1.54) is 19.3 Å². The fourth-order valence-corrected chi connectivity index (χ4v) is 5.92. The lowest BCUT2D eigenvalue weighted by Crippen LogP contribution is -2.34. The predicted molar refractivity (Wildman–Crippen MR) is 75.7 cm³/mol. The van der Waals surface area contributed by atoms with Gasteiger partial charge in [0.1, 0.15) is 6.10 Å². The summed E-state index contributed by atoms with van der Waals surface area (Å²) in [7, 11) is 0. The van der Waals surface area contributed by atoms with Crippen molar-refractivity contribution in [2.45, 2.75) is 38.2 Å². The Labute approximate surface area is 120 Å². The smallest absolute Gasteiger partial charge is 0.309 e. The Morgan fingerprint density at radius 1 is 1.00 bits per heavy atom. The number of carbonyl (C=O) groups excluding carboxylic acids is 1. The minimum absolute atomic E-state index is 0.113. The Bertz CT molecular complexity index is 506. The Kier molecular flexibility index (Phi) is 2.31. The maximum atomic E-state index is 12.5. The van der Waals surface area contributed by atoms with Crippen molar-refractivity contribution in [2.24, 2.45) is 41.4 Å². The van der Waals surface area contributed by atoms with Crippen LogP contribution in [0.4, 0.5) is 0 Å². The lowest BCUT2D eigenvalue weighted by atomic mass is 9.80. The van der Waals surface area contributed by atoms with Gasteiger partial charge >= 0.3 is 5.97 Å². The van der Waals surface area contributed by atoms with E-state index in [-0.39, 0.29) is 18.0 Å². The van der Waals surface area contributed by atoms with E-state index in [9.17, 15) is 4.79 Å². The lowest BCUT2D eigenvalue weighted by molar-refractivity contribution is -0.159. The minimum Gasteiger partial charge on any atom is -0.462 e. The Hall–Kier alpha value is -1.05. The molecule has 5 aliphatic rings. The quantitative estimate of drug-likeness (QED) is 0.568. The zero-order valence-corrected chi connectivity index (χ0v) is 11.8. The van der Waals surface area contributed by atoms with Gasteiger partial charge in [0.05, 0.1) is 5.92 Å². The molecule has 4 bridgehead atoms. The molecule has 0 spiro atoms. The van der Waals surface area contributed by atoms with E-state index in [1.807, 2.05) is 0 Å². The first kappa shape index (κ1) is 11.6. The summed E-state index contributed by atoms with van der Waals surface area (Å²) in [6.45, 7) is 0. The van der Waals surface area contributed by atoms with Crippen molar-refractivity contribution in [2.75, 3.05) is 0 Å². The van der Waals surface area contributed by atoms with Gasteiger partial charge in [-0.1, -0.05) is 24.3 Å². The molecule has 2 heteroatoms. The standard InChI is InChI=1S/C18H22O2/c19-18(15-7-10-4-5-11(15)6-10)20-17-9-12-8-16(17)14-3-1-2-13(12)14/h1-2,4-5,10-17H,3,6-9H2. The van der Waals surface area contributed by atoms with Crippen molar-refractivity contribution in [3.63, 3.8) is 0 Å². The van der Waals surface area contributed by atoms with Gasteiger partial charge < -0.3 is 4.74 Å². The molecule has 106 valence electrons. The number of carbonyl (C=O) groups is 1. The van der Waals surface area contributed by atoms with E-state index in [4.69, 9.17) is 4.74 Å². The second kappa shape index (κ2) is 3.99. The Balaban J connectivity index is 1.27. The fourth-order valence-electron chi connectivity index (χ4n) is 5.92. The molecule has 3 fully saturated rings. The molecule has 0 heterocycles. The molecule has 0 aromatic heterocycles. The van der Waals surface area contributed by atoms with Crippen LogP contribution >= 0.6 is 0 Å². The molecule has 0 aromatic rings. The number of esters is 1. The normalized spacial score (nSPS) is 53.8. The van der Waals surface area contributed by atoms with Gasteiger partial charge in [0.15, 0.2) is 0 Å². The van der Waals surface area contributed by atoms with E-state index in [0.29, 0.717) is 17.8 Å². The van der Waals surface area contributed by atoms with E-state index in [1.54, 1.807) is 0 Å². The average molecular weight is 270 g/mol. The van der Waals surface area contributed by atoms with Crippen LogP contribution in [0.15, 0.2) is 24.3 Å². The van der Waals surface area contributed by atoms with E-state index in [0.717, 1.165) is 30.6 Å². The zero-order valence-electron chi connectivity index (χ0n) is 11.8. The predicted octanol–water partition coefficient (Wildman–Crippen LogP) is 3.34. The molecule has 3 saturated carbocycles. The Morgan fingerprint density at radius 2 is 1.95 bits per heavy atom. The molecule has 0 amide bonds. The van der Waals surface area contributed by atoms with Crippen molar-refractivity contribution in [1.29, 1.82) is 0 Å². The van der Waals surface area contributed by atoms with Crippen LogP contribution in [0.5, 0.6) is 0 Å². The maximum Gasteiger partial charge on any atom is 0.309 e. The first-order chi connectivity index (χ1) is 9.79. The van der Waals surface area contributed by atoms with Gasteiger partial charge in [-0.15, -0.1) is 0 Å². The highest BCUT2D eigenvalue weighted by Gasteiger charge is 2.54. The summed E-state index contributed by atoms with van der Waals surface area (Å²) in [5.74, 6) is 4.45. The molecule has 20 heavy (non-hydrogen) atoms. The zero-order chi connectivity index (χ0) is 13.3. The number of rotatable bonds is 2. The molecule has 5 aliphatic carbocycles.